The second kappa shape index (κ2) is 8.95. The molecule has 6 nitrogen and oxygen atoms in total. The molecule has 0 fully saturated rings. The van der Waals surface area contributed by atoms with Crippen LogP contribution in [0.2, 0.25) is 0 Å². The fourth-order valence-electron chi connectivity index (χ4n) is 3.30. The molecule has 2 aromatic carbocycles. The van der Waals surface area contributed by atoms with Crippen molar-refractivity contribution >= 4 is 21.6 Å². The summed E-state index contributed by atoms with van der Waals surface area (Å²) < 4.78 is 67.8. The molecule has 0 bridgehead atoms. The molecule has 10 heteroatoms. The molecule has 0 saturated carbocycles. The number of hydrogen-bond donors (Lipinski definition) is 1. The first kappa shape index (κ1) is 21.9. The molecule has 0 radical (unpaired) electrons. The largest absolute Gasteiger partial charge is 0.573 e. The fraction of sp³-hybridized carbons (Fsp3) is 0.350. The Hall–Kier alpha value is -2.75. The second-order valence-corrected chi connectivity index (χ2v) is 8.79. The summed E-state index contributed by atoms with van der Waals surface area (Å²) in [4.78, 5) is 12.0. The molecule has 1 amide bonds. The van der Waals surface area contributed by atoms with Crippen LogP contribution in [0.4, 0.5) is 18.9 Å². The predicted molar refractivity (Wildman–Crippen MR) is 106 cm³/mol. The minimum Gasteiger partial charge on any atom is -0.406 e. The van der Waals surface area contributed by atoms with Gasteiger partial charge in [0.1, 0.15) is 5.75 Å². The number of benzene rings is 2. The van der Waals surface area contributed by atoms with Crippen molar-refractivity contribution in [2.24, 2.45) is 0 Å². The first-order valence-corrected chi connectivity index (χ1v) is 11.0. The molecule has 3 rings (SSSR count). The Balaban J connectivity index is 1.49. The molecule has 1 N–H and O–H groups in total. The molecular formula is C20H21F3N2O4S. The van der Waals surface area contributed by atoms with E-state index in [0.717, 1.165) is 5.56 Å². The van der Waals surface area contributed by atoms with E-state index < -0.39 is 22.3 Å². The van der Waals surface area contributed by atoms with Gasteiger partial charge in [-0.1, -0.05) is 36.4 Å². The van der Waals surface area contributed by atoms with E-state index in [-0.39, 0.29) is 36.5 Å². The van der Waals surface area contributed by atoms with Crippen LogP contribution in [-0.4, -0.2) is 39.5 Å². The smallest absolute Gasteiger partial charge is 0.406 e. The van der Waals surface area contributed by atoms with Gasteiger partial charge in [0.15, 0.2) is 0 Å². The first-order chi connectivity index (χ1) is 14.2. The quantitative estimate of drug-likeness (QED) is 0.682. The highest BCUT2D eigenvalue weighted by atomic mass is 32.2. The standard InChI is InChI=1S/C20H21F3N2O4S/c21-20(22,23)29-18-8-4-2-6-16(18)9-10-19(26)24-12-14-30(27,28)25-13-11-15-5-1-3-7-17(15)25/h1-8H,9-14H2,(H,24,26). The number of hydrogen-bond acceptors (Lipinski definition) is 4. The van der Waals surface area contributed by atoms with Gasteiger partial charge < -0.3 is 10.1 Å². The third-order valence-electron chi connectivity index (χ3n) is 4.68. The van der Waals surface area contributed by atoms with E-state index in [9.17, 15) is 26.4 Å². The number of para-hydroxylation sites is 2. The topological polar surface area (TPSA) is 75.7 Å². The number of carbonyl (C=O) groups excluding carboxylic acids is 1. The van der Waals surface area contributed by atoms with Gasteiger partial charge in [0.05, 0.1) is 11.4 Å². The lowest BCUT2D eigenvalue weighted by Crippen LogP contribution is -2.37. The number of sulfonamides is 1. The lowest BCUT2D eigenvalue weighted by atomic mass is 10.1. The van der Waals surface area contributed by atoms with Crippen LogP contribution < -0.4 is 14.4 Å². The summed E-state index contributed by atoms with van der Waals surface area (Å²) in [6.07, 6.45) is -4.24. The molecule has 1 heterocycles. The number of carbonyl (C=O) groups is 1. The second-order valence-electron chi connectivity index (χ2n) is 6.77. The highest BCUT2D eigenvalue weighted by Crippen LogP contribution is 2.30. The minimum atomic E-state index is -4.82. The van der Waals surface area contributed by atoms with Gasteiger partial charge in [-0.05, 0) is 36.1 Å². The number of rotatable bonds is 8. The average molecular weight is 442 g/mol. The summed E-state index contributed by atoms with van der Waals surface area (Å²) in [5, 5.41) is 2.52. The molecule has 2 aromatic rings. The van der Waals surface area contributed by atoms with E-state index in [4.69, 9.17) is 0 Å². The Morgan fingerprint density at radius 3 is 2.57 bits per heavy atom. The highest BCUT2D eigenvalue weighted by Gasteiger charge is 2.32. The molecule has 30 heavy (non-hydrogen) atoms. The number of fused-ring (bicyclic) bond motifs is 1. The van der Waals surface area contributed by atoms with Gasteiger partial charge >= 0.3 is 6.36 Å². The lowest BCUT2D eigenvalue weighted by molar-refractivity contribution is -0.274. The van der Waals surface area contributed by atoms with Crippen molar-refractivity contribution in [2.45, 2.75) is 25.6 Å². The normalized spacial score (nSPS) is 13.8. The minimum absolute atomic E-state index is 0.0321. The number of halogens is 3. The Kier molecular flexibility index (Phi) is 6.55. The Morgan fingerprint density at radius 2 is 1.80 bits per heavy atom. The van der Waals surface area contributed by atoms with Crippen molar-refractivity contribution in [1.29, 1.82) is 0 Å². The van der Waals surface area contributed by atoms with E-state index >= 15 is 0 Å². The van der Waals surface area contributed by atoms with Crippen LogP contribution in [0.15, 0.2) is 48.5 Å². The Bertz CT molecular complexity index is 1010. The van der Waals surface area contributed by atoms with Crippen LogP contribution >= 0.6 is 0 Å². The number of nitrogens with one attached hydrogen (secondary N) is 1. The van der Waals surface area contributed by atoms with E-state index in [2.05, 4.69) is 10.1 Å². The number of nitrogens with zero attached hydrogens (tertiary/aromatic N) is 1. The van der Waals surface area contributed by atoms with Crippen LogP contribution in [0.5, 0.6) is 5.75 Å². The number of ether oxygens (including phenoxy) is 1. The first-order valence-electron chi connectivity index (χ1n) is 9.34. The van der Waals surface area contributed by atoms with Gasteiger partial charge in [-0.15, -0.1) is 13.2 Å². The molecule has 1 aliphatic heterocycles. The highest BCUT2D eigenvalue weighted by molar-refractivity contribution is 7.92. The van der Waals surface area contributed by atoms with Gasteiger partial charge in [-0.2, -0.15) is 0 Å². The van der Waals surface area contributed by atoms with Crippen LogP contribution in [0, 0.1) is 0 Å². The van der Waals surface area contributed by atoms with Gasteiger partial charge in [0.2, 0.25) is 15.9 Å². The lowest BCUT2D eigenvalue weighted by Gasteiger charge is -2.19. The van der Waals surface area contributed by atoms with Crippen molar-refractivity contribution in [2.75, 3.05) is 23.1 Å². The van der Waals surface area contributed by atoms with Crippen molar-refractivity contribution in [3.05, 3.63) is 59.7 Å². The van der Waals surface area contributed by atoms with E-state index in [1.54, 1.807) is 18.2 Å². The zero-order valence-electron chi connectivity index (χ0n) is 16.0. The molecule has 162 valence electrons. The Labute approximate surface area is 172 Å². The van der Waals surface area contributed by atoms with Crippen LogP contribution in [0.1, 0.15) is 17.5 Å². The van der Waals surface area contributed by atoms with Crippen molar-refractivity contribution in [3.8, 4) is 5.75 Å². The summed E-state index contributed by atoms with van der Waals surface area (Å²) in [6, 6.07) is 12.8. The molecule has 1 aliphatic rings. The van der Waals surface area contributed by atoms with Crippen LogP contribution in [0.3, 0.4) is 0 Å². The van der Waals surface area contributed by atoms with Gasteiger partial charge in [0.25, 0.3) is 0 Å². The molecule has 0 aliphatic carbocycles. The van der Waals surface area contributed by atoms with E-state index in [1.807, 2.05) is 12.1 Å². The SMILES string of the molecule is O=C(CCc1ccccc1OC(F)(F)F)NCCS(=O)(=O)N1CCc2ccccc21. The van der Waals surface area contributed by atoms with Gasteiger partial charge in [-0.3, -0.25) is 9.10 Å². The maximum Gasteiger partial charge on any atom is 0.573 e. The number of anilines is 1. The summed E-state index contributed by atoms with van der Waals surface area (Å²) in [6.45, 7) is 0.284. The zero-order valence-corrected chi connectivity index (χ0v) is 16.8. The van der Waals surface area contributed by atoms with Crippen molar-refractivity contribution in [1.82, 2.24) is 5.32 Å². The maximum absolute atomic E-state index is 12.6. The number of aryl methyl sites for hydroxylation is 1. The van der Waals surface area contributed by atoms with Gasteiger partial charge in [0, 0.05) is 19.5 Å². The summed E-state index contributed by atoms with van der Waals surface area (Å²) >= 11 is 0. The van der Waals surface area contributed by atoms with Crippen molar-refractivity contribution < 1.29 is 31.1 Å². The predicted octanol–water partition coefficient (Wildman–Crippen LogP) is 3.03. The molecule has 0 saturated heterocycles. The molecular weight excluding hydrogens is 421 g/mol. The molecule has 0 spiro atoms. The van der Waals surface area contributed by atoms with E-state index in [1.165, 1.54) is 22.5 Å². The summed E-state index contributed by atoms with van der Waals surface area (Å²) in [7, 11) is -3.59. The van der Waals surface area contributed by atoms with Gasteiger partial charge in [-0.25, -0.2) is 8.42 Å². The molecule has 0 atom stereocenters. The number of amides is 1. The third-order valence-corrected chi connectivity index (χ3v) is 6.45. The average Bonchev–Trinajstić information content (AvgIpc) is 3.11. The number of alkyl halides is 3. The van der Waals surface area contributed by atoms with Crippen molar-refractivity contribution in [3.63, 3.8) is 0 Å². The summed E-state index contributed by atoms with van der Waals surface area (Å²) in [5.41, 5.74) is 1.86. The Morgan fingerprint density at radius 1 is 1.10 bits per heavy atom. The molecule has 0 unspecified atom stereocenters. The summed E-state index contributed by atoms with van der Waals surface area (Å²) in [5.74, 6) is -1.07. The molecule has 0 aromatic heterocycles. The fourth-order valence-corrected chi connectivity index (χ4v) is 4.73. The van der Waals surface area contributed by atoms with Crippen LogP contribution in [-0.2, 0) is 27.7 Å². The third kappa shape index (κ3) is 5.65. The van der Waals surface area contributed by atoms with Crippen LogP contribution in [0.25, 0.3) is 0 Å². The zero-order chi connectivity index (χ0) is 21.8. The van der Waals surface area contributed by atoms with E-state index in [0.29, 0.717) is 18.7 Å². The monoisotopic (exact) mass is 442 g/mol. The maximum atomic E-state index is 12.6.